The number of hydrogen-bond acceptors (Lipinski definition) is 2. The molecule has 1 aromatic rings. The summed E-state index contributed by atoms with van der Waals surface area (Å²) in [5, 5.41) is 3.40. The summed E-state index contributed by atoms with van der Waals surface area (Å²) >= 11 is 0. The Bertz CT molecular complexity index is 304. The lowest BCUT2D eigenvalue weighted by Gasteiger charge is -2.02. The first-order valence-electron chi connectivity index (χ1n) is 6.08. The molecule has 1 N–H and O–H groups in total. The molecule has 1 aromatic heterocycles. The third-order valence-corrected chi connectivity index (χ3v) is 2.45. The first-order chi connectivity index (χ1) is 7.83. The van der Waals surface area contributed by atoms with Gasteiger partial charge in [0.05, 0.1) is 0 Å². The molecule has 0 saturated heterocycles. The number of allylic oxidation sites excluding steroid dienone is 1. The van der Waals surface area contributed by atoms with Crippen LogP contribution in [0.5, 0.6) is 0 Å². The Kier molecular flexibility index (Phi) is 6.50. The zero-order valence-electron chi connectivity index (χ0n) is 10.4. The molecule has 0 atom stereocenters. The Morgan fingerprint density at radius 3 is 3.00 bits per heavy atom. The van der Waals surface area contributed by atoms with Gasteiger partial charge >= 0.3 is 0 Å². The third kappa shape index (κ3) is 5.66. The molecule has 16 heavy (non-hydrogen) atoms. The molecule has 0 radical (unpaired) electrons. The minimum Gasteiger partial charge on any atom is -0.316 e. The van der Waals surface area contributed by atoms with E-state index in [2.05, 4.69) is 36.3 Å². The molecule has 1 heterocycles. The average molecular weight is 218 g/mol. The molecule has 0 fully saturated rings. The lowest BCUT2D eigenvalue weighted by Crippen LogP contribution is -2.15. The second-order valence-electron chi connectivity index (χ2n) is 4.13. The fourth-order valence-electron chi connectivity index (χ4n) is 1.62. The molecule has 0 amide bonds. The van der Waals surface area contributed by atoms with E-state index in [0.29, 0.717) is 0 Å². The van der Waals surface area contributed by atoms with Crippen LogP contribution in [0.1, 0.15) is 32.3 Å². The van der Waals surface area contributed by atoms with Crippen LogP contribution in [0.25, 0.3) is 0 Å². The number of nitrogens with one attached hydrogen (secondary N) is 1. The van der Waals surface area contributed by atoms with Crippen molar-refractivity contribution in [3.63, 3.8) is 0 Å². The van der Waals surface area contributed by atoms with Crippen molar-refractivity contribution in [3.05, 3.63) is 41.7 Å². The number of nitrogens with zero attached hydrogens (tertiary/aromatic N) is 1. The average Bonchev–Trinajstić information content (AvgIpc) is 2.30. The summed E-state index contributed by atoms with van der Waals surface area (Å²) in [5.41, 5.74) is 2.71. The monoisotopic (exact) mass is 218 g/mol. The molecular formula is C14H22N2. The molecule has 0 spiro atoms. The smallest absolute Gasteiger partial charge is 0.0303 e. The van der Waals surface area contributed by atoms with E-state index in [1.807, 2.05) is 18.5 Å². The van der Waals surface area contributed by atoms with Crippen molar-refractivity contribution >= 4 is 0 Å². The highest BCUT2D eigenvalue weighted by Gasteiger charge is 1.93. The molecular weight excluding hydrogens is 196 g/mol. The van der Waals surface area contributed by atoms with E-state index in [-0.39, 0.29) is 0 Å². The molecule has 1 rings (SSSR count). The van der Waals surface area contributed by atoms with Crippen LogP contribution < -0.4 is 5.32 Å². The zero-order valence-corrected chi connectivity index (χ0v) is 10.4. The van der Waals surface area contributed by atoms with Gasteiger partial charge in [-0.2, -0.15) is 0 Å². The fourth-order valence-corrected chi connectivity index (χ4v) is 1.62. The van der Waals surface area contributed by atoms with Crippen molar-refractivity contribution < 1.29 is 0 Å². The van der Waals surface area contributed by atoms with Crippen molar-refractivity contribution in [2.75, 3.05) is 13.1 Å². The maximum atomic E-state index is 4.12. The maximum Gasteiger partial charge on any atom is 0.0303 e. The Labute approximate surface area is 98.8 Å². The van der Waals surface area contributed by atoms with Crippen LogP contribution in [-0.4, -0.2) is 18.1 Å². The Balaban J connectivity index is 2.24. The van der Waals surface area contributed by atoms with Crippen LogP contribution >= 0.6 is 0 Å². The molecule has 0 saturated carbocycles. The van der Waals surface area contributed by atoms with E-state index < -0.39 is 0 Å². The van der Waals surface area contributed by atoms with Gasteiger partial charge in [0.1, 0.15) is 0 Å². The van der Waals surface area contributed by atoms with E-state index in [4.69, 9.17) is 0 Å². The highest BCUT2D eigenvalue weighted by Crippen LogP contribution is 2.06. The van der Waals surface area contributed by atoms with E-state index in [1.165, 1.54) is 17.6 Å². The molecule has 88 valence electrons. The van der Waals surface area contributed by atoms with Crippen molar-refractivity contribution in [1.29, 1.82) is 0 Å². The largest absolute Gasteiger partial charge is 0.316 e. The summed E-state index contributed by atoms with van der Waals surface area (Å²) in [7, 11) is 0. The summed E-state index contributed by atoms with van der Waals surface area (Å²) < 4.78 is 0. The van der Waals surface area contributed by atoms with Gasteiger partial charge in [-0.05, 0) is 50.9 Å². The first-order valence-corrected chi connectivity index (χ1v) is 6.08. The van der Waals surface area contributed by atoms with Gasteiger partial charge in [-0.1, -0.05) is 24.6 Å². The lowest BCUT2D eigenvalue weighted by molar-refractivity contribution is 0.677. The van der Waals surface area contributed by atoms with Gasteiger partial charge in [-0.3, -0.25) is 4.98 Å². The second-order valence-corrected chi connectivity index (χ2v) is 4.13. The molecule has 0 aliphatic carbocycles. The van der Waals surface area contributed by atoms with Gasteiger partial charge in [0.2, 0.25) is 0 Å². The fraction of sp³-hybridized carbons (Fsp3) is 0.500. The first kappa shape index (κ1) is 12.9. The Hall–Kier alpha value is -1.15. The Morgan fingerprint density at radius 1 is 1.44 bits per heavy atom. The van der Waals surface area contributed by atoms with Crippen molar-refractivity contribution in [2.45, 2.75) is 33.1 Å². The SMILES string of the molecule is CCCNCC/C=C(/C)Cc1cccnc1. The predicted molar refractivity (Wildman–Crippen MR) is 69.5 cm³/mol. The van der Waals surface area contributed by atoms with Gasteiger partial charge < -0.3 is 5.32 Å². The maximum absolute atomic E-state index is 4.12. The second kappa shape index (κ2) is 8.05. The van der Waals surface area contributed by atoms with Gasteiger partial charge in [-0.25, -0.2) is 0 Å². The van der Waals surface area contributed by atoms with Crippen LogP contribution in [0.15, 0.2) is 36.2 Å². The number of aromatic nitrogens is 1. The van der Waals surface area contributed by atoms with Gasteiger partial charge in [-0.15, -0.1) is 0 Å². The van der Waals surface area contributed by atoms with Gasteiger partial charge in [0.15, 0.2) is 0 Å². The molecule has 0 aliphatic rings. The van der Waals surface area contributed by atoms with Gasteiger partial charge in [0, 0.05) is 12.4 Å². The normalized spacial score (nSPS) is 11.8. The molecule has 0 bridgehead atoms. The number of hydrogen-bond donors (Lipinski definition) is 1. The van der Waals surface area contributed by atoms with Crippen molar-refractivity contribution in [1.82, 2.24) is 10.3 Å². The standard InChI is InChI=1S/C14H22N2/c1-3-8-15-9-4-6-13(2)11-14-7-5-10-16-12-14/h5-7,10,12,15H,3-4,8-9,11H2,1-2H3/b13-6-. The van der Waals surface area contributed by atoms with Gasteiger partial charge in [0.25, 0.3) is 0 Å². The molecule has 0 aliphatic heterocycles. The molecule has 2 nitrogen and oxygen atoms in total. The summed E-state index contributed by atoms with van der Waals surface area (Å²) in [6, 6.07) is 4.12. The molecule has 2 heteroatoms. The quantitative estimate of drug-likeness (QED) is 0.562. The highest BCUT2D eigenvalue weighted by atomic mass is 14.8. The van der Waals surface area contributed by atoms with E-state index >= 15 is 0 Å². The van der Waals surface area contributed by atoms with Crippen LogP contribution in [-0.2, 0) is 6.42 Å². The number of rotatable bonds is 7. The number of pyridine rings is 1. The lowest BCUT2D eigenvalue weighted by atomic mass is 10.1. The van der Waals surface area contributed by atoms with Crippen LogP contribution in [0.2, 0.25) is 0 Å². The highest BCUT2D eigenvalue weighted by molar-refractivity contribution is 5.17. The minimum atomic E-state index is 1.02. The van der Waals surface area contributed by atoms with Crippen LogP contribution in [0.3, 0.4) is 0 Å². The van der Waals surface area contributed by atoms with Crippen LogP contribution in [0.4, 0.5) is 0 Å². The topological polar surface area (TPSA) is 24.9 Å². The third-order valence-electron chi connectivity index (χ3n) is 2.45. The zero-order chi connectivity index (χ0) is 11.6. The molecule has 0 aromatic carbocycles. The van der Waals surface area contributed by atoms with E-state index in [0.717, 1.165) is 25.9 Å². The summed E-state index contributed by atoms with van der Waals surface area (Å²) in [6.07, 6.45) is 9.41. The van der Waals surface area contributed by atoms with E-state index in [1.54, 1.807) is 0 Å². The summed E-state index contributed by atoms with van der Waals surface area (Å²) in [6.45, 7) is 6.58. The van der Waals surface area contributed by atoms with Crippen molar-refractivity contribution in [2.24, 2.45) is 0 Å². The van der Waals surface area contributed by atoms with Crippen LogP contribution in [0, 0.1) is 0 Å². The van der Waals surface area contributed by atoms with E-state index in [9.17, 15) is 0 Å². The molecule has 0 unspecified atom stereocenters. The minimum absolute atomic E-state index is 1.02. The van der Waals surface area contributed by atoms with Crippen molar-refractivity contribution in [3.8, 4) is 0 Å². The Morgan fingerprint density at radius 2 is 2.31 bits per heavy atom. The predicted octanol–water partition coefficient (Wildman–Crippen LogP) is 2.96. The summed E-state index contributed by atoms with van der Waals surface area (Å²) in [4.78, 5) is 4.12. The summed E-state index contributed by atoms with van der Waals surface area (Å²) in [5.74, 6) is 0.